The molecule has 0 saturated carbocycles. The lowest BCUT2D eigenvalue weighted by atomic mass is 10.0. The van der Waals surface area contributed by atoms with Gasteiger partial charge in [-0.1, -0.05) is 44.0 Å². The van der Waals surface area contributed by atoms with Crippen LogP contribution in [0.15, 0.2) is 40.9 Å². The van der Waals surface area contributed by atoms with E-state index in [2.05, 4.69) is 31.9 Å². The number of ether oxygens (including phenoxy) is 1. The molecule has 1 unspecified atom stereocenters. The van der Waals surface area contributed by atoms with Crippen LogP contribution in [0.4, 0.5) is 8.78 Å². The Kier molecular flexibility index (Phi) is 4.58. The third-order valence-electron chi connectivity index (χ3n) is 2.70. The van der Waals surface area contributed by atoms with Gasteiger partial charge in [-0.25, -0.2) is 8.78 Å². The second kappa shape index (κ2) is 6.01. The summed E-state index contributed by atoms with van der Waals surface area (Å²) in [6, 6.07) is 9.13. The fourth-order valence-corrected chi connectivity index (χ4v) is 3.30. The van der Waals surface area contributed by atoms with Crippen LogP contribution in [0.2, 0.25) is 0 Å². The fraction of sp³-hybridized carbons (Fsp3) is 0.143. The van der Waals surface area contributed by atoms with Crippen LogP contribution in [0.5, 0.6) is 5.75 Å². The molecule has 0 amide bonds. The zero-order valence-corrected chi connectivity index (χ0v) is 13.1. The molecular weight excluding hydrogens is 382 g/mol. The molecule has 0 aliphatic heterocycles. The molecule has 1 nitrogen and oxygen atoms in total. The van der Waals surface area contributed by atoms with Gasteiger partial charge >= 0.3 is 0 Å². The first kappa shape index (κ1) is 14.5. The van der Waals surface area contributed by atoms with E-state index in [1.54, 1.807) is 18.2 Å². The molecule has 0 aliphatic rings. The van der Waals surface area contributed by atoms with Gasteiger partial charge in [-0.3, -0.25) is 0 Å². The van der Waals surface area contributed by atoms with Crippen LogP contribution in [0.1, 0.15) is 16.0 Å². The van der Waals surface area contributed by atoms with Gasteiger partial charge in [-0.15, -0.1) is 0 Å². The number of halogens is 4. The molecule has 5 heteroatoms. The smallest absolute Gasteiger partial charge is 0.165 e. The highest BCUT2D eigenvalue weighted by Gasteiger charge is 2.16. The fourth-order valence-electron chi connectivity index (χ4n) is 1.73. The lowest BCUT2D eigenvalue weighted by Crippen LogP contribution is -1.97. The average Bonchev–Trinajstić information content (AvgIpc) is 2.38. The second-order valence-electron chi connectivity index (χ2n) is 3.92. The summed E-state index contributed by atoms with van der Waals surface area (Å²) in [5.41, 5.74) is 1.55. The van der Waals surface area contributed by atoms with Crippen LogP contribution >= 0.6 is 31.9 Å². The van der Waals surface area contributed by atoms with Crippen molar-refractivity contribution in [1.29, 1.82) is 0 Å². The third-order valence-corrected chi connectivity index (χ3v) is 4.41. The predicted octanol–water partition coefficient (Wildman–Crippen LogP) is 5.22. The lowest BCUT2D eigenvalue weighted by Gasteiger charge is -2.14. The minimum Gasteiger partial charge on any atom is -0.494 e. The summed E-state index contributed by atoms with van der Waals surface area (Å²) >= 11 is 6.79. The zero-order chi connectivity index (χ0) is 14.0. The van der Waals surface area contributed by atoms with E-state index in [1.807, 2.05) is 0 Å². The average molecular weight is 392 g/mol. The summed E-state index contributed by atoms with van der Waals surface area (Å²) in [5.74, 6) is -0.555. The van der Waals surface area contributed by atoms with Gasteiger partial charge in [-0.05, 0) is 35.4 Å². The maximum atomic E-state index is 13.7. The molecule has 0 heterocycles. The number of benzene rings is 2. The molecule has 0 spiro atoms. The van der Waals surface area contributed by atoms with Gasteiger partial charge in [0.15, 0.2) is 11.6 Å². The highest BCUT2D eigenvalue weighted by atomic mass is 79.9. The van der Waals surface area contributed by atoms with Gasteiger partial charge in [0.1, 0.15) is 5.82 Å². The van der Waals surface area contributed by atoms with Crippen molar-refractivity contribution in [3.63, 3.8) is 0 Å². The van der Waals surface area contributed by atoms with Gasteiger partial charge in [0, 0.05) is 4.47 Å². The largest absolute Gasteiger partial charge is 0.494 e. The van der Waals surface area contributed by atoms with Crippen LogP contribution in [-0.4, -0.2) is 7.11 Å². The van der Waals surface area contributed by atoms with Gasteiger partial charge in [0.05, 0.1) is 11.9 Å². The molecule has 2 aromatic rings. The van der Waals surface area contributed by atoms with Crippen molar-refractivity contribution >= 4 is 31.9 Å². The van der Waals surface area contributed by atoms with Crippen LogP contribution in [-0.2, 0) is 0 Å². The normalized spacial score (nSPS) is 12.3. The van der Waals surface area contributed by atoms with Crippen LogP contribution in [0.3, 0.4) is 0 Å². The number of hydrogen-bond donors (Lipinski definition) is 0. The van der Waals surface area contributed by atoms with Crippen molar-refractivity contribution in [2.45, 2.75) is 4.83 Å². The number of alkyl halides is 1. The molecule has 0 saturated heterocycles. The monoisotopic (exact) mass is 390 g/mol. The van der Waals surface area contributed by atoms with E-state index in [-0.39, 0.29) is 16.4 Å². The summed E-state index contributed by atoms with van der Waals surface area (Å²) in [6.45, 7) is 0. The second-order valence-corrected chi connectivity index (χ2v) is 5.69. The Morgan fingerprint density at radius 1 is 1.11 bits per heavy atom. The van der Waals surface area contributed by atoms with E-state index < -0.39 is 5.82 Å². The molecule has 0 N–H and O–H groups in total. The number of hydrogen-bond acceptors (Lipinski definition) is 1. The highest BCUT2D eigenvalue weighted by molar-refractivity contribution is 9.11. The topological polar surface area (TPSA) is 9.23 Å². The predicted molar refractivity (Wildman–Crippen MR) is 77.8 cm³/mol. The molecule has 0 fully saturated rings. The highest BCUT2D eigenvalue weighted by Crippen LogP contribution is 2.36. The minimum atomic E-state index is -0.428. The lowest BCUT2D eigenvalue weighted by molar-refractivity contribution is 0.386. The Hall–Kier alpha value is -0.940. The molecular formula is C14H10Br2F2O. The standard InChI is InChI=1S/C14H10Br2F2O/c1-19-13-5-2-8(6-12(13)18)14(16)10-4-3-9(17)7-11(10)15/h2-7,14H,1H3. The molecule has 2 aromatic carbocycles. The molecule has 19 heavy (non-hydrogen) atoms. The number of rotatable bonds is 3. The van der Waals surface area contributed by atoms with Crippen molar-refractivity contribution in [1.82, 2.24) is 0 Å². The van der Waals surface area contributed by atoms with Gasteiger partial charge < -0.3 is 4.74 Å². The third kappa shape index (κ3) is 3.15. The van der Waals surface area contributed by atoms with Crippen molar-refractivity contribution in [3.8, 4) is 5.75 Å². The first-order chi connectivity index (χ1) is 9.02. The molecule has 0 aliphatic carbocycles. The molecule has 0 bridgehead atoms. The van der Waals surface area contributed by atoms with Crippen molar-refractivity contribution in [2.24, 2.45) is 0 Å². The van der Waals surface area contributed by atoms with Crippen LogP contribution < -0.4 is 4.74 Å². The Balaban J connectivity index is 2.38. The molecule has 100 valence electrons. The van der Waals surface area contributed by atoms with Gasteiger partial charge in [0.2, 0.25) is 0 Å². The Morgan fingerprint density at radius 3 is 2.42 bits per heavy atom. The maximum Gasteiger partial charge on any atom is 0.165 e. The SMILES string of the molecule is COc1ccc(C(Br)c2ccc(F)cc2Br)cc1F. The van der Waals surface area contributed by atoms with Crippen LogP contribution in [0.25, 0.3) is 0 Å². The Bertz CT molecular complexity index is 602. The summed E-state index contributed by atoms with van der Waals surface area (Å²) in [6.07, 6.45) is 0. The van der Waals surface area contributed by atoms with Crippen molar-refractivity contribution in [2.75, 3.05) is 7.11 Å². The molecule has 0 aromatic heterocycles. The van der Waals surface area contributed by atoms with Crippen LogP contribution in [0, 0.1) is 11.6 Å². The summed E-state index contributed by atoms with van der Waals surface area (Å²) in [7, 11) is 1.42. The Morgan fingerprint density at radius 2 is 1.84 bits per heavy atom. The molecule has 0 radical (unpaired) electrons. The van der Waals surface area contributed by atoms with Gasteiger partial charge in [-0.2, -0.15) is 0 Å². The molecule has 2 rings (SSSR count). The van der Waals surface area contributed by atoms with E-state index in [0.717, 1.165) is 11.1 Å². The minimum absolute atomic E-state index is 0.196. The van der Waals surface area contributed by atoms with Crippen molar-refractivity contribution in [3.05, 3.63) is 63.6 Å². The number of methoxy groups -OCH3 is 1. The van der Waals surface area contributed by atoms with E-state index in [0.29, 0.717) is 4.47 Å². The summed E-state index contributed by atoms with van der Waals surface area (Å²) in [5, 5.41) is 0. The Labute approximate surface area is 126 Å². The van der Waals surface area contributed by atoms with Gasteiger partial charge in [0.25, 0.3) is 0 Å². The maximum absolute atomic E-state index is 13.7. The summed E-state index contributed by atoms with van der Waals surface area (Å²) < 4.78 is 32.2. The van der Waals surface area contributed by atoms with E-state index in [1.165, 1.54) is 25.3 Å². The first-order valence-electron chi connectivity index (χ1n) is 5.45. The van der Waals surface area contributed by atoms with E-state index in [4.69, 9.17) is 4.74 Å². The first-order valence-corrected chi connectivity index (χ1v) is 7.16. The quantitative estimate of drug-likeness (QED) is 0.651. The van der Waals surface area contributed by atoms with E-state index in [9.17, 15) is 8.78 Å². The molecule has 1 atom stereocenters. The zero-order valence-electron chi connectivity index (χ0n) is 9.96. The van der Waals surface area contributed by atoms with Crippen molar-refractivity contribution < 1.29 is 13.5 Å². The summed E-state index contributed by atoms with van der Waals surface area (Å²) in [4.78, 5) is -0.233. The van der Waals surface area contributed by atoms with E-state index >= 15 is 0 Å².